The second-order valence-electron chi connectivity index (χ2n) is 4.11. The summed E-state index contributed by atoms with van der Waals surface area (Å²) in [5.41, 5.74) is 0.410. The van der Waals surface area contributed by atoms with Crippen LogP contribution >= 0.6 is 0 Å². The van der Waals surface area contributed by atoms with Gasteiger partial charge in [-0.2, -0.15) is 5.26 Å². The van der Waals surface area contributed by atoms with Crippen molar-refractivity contribution in [1.82, 2.24) is 0 Å². The number of anilines is 1. The first-order chi connectivity index (χ1) is 8.35. The van der Waals surface area contributed by atoms with E-state index in [1.165, 1.54) is 6.92 Å². The van der Waals surface area contributed by atoms with Gasteiger partial charge in [0.05, 0.1) is 12.2 Å². The molecule has 98 valence electrons. The first-order valence-electron chi connectivity index (χ1n) is 5.53. The molecule has 0 heterocycles. The second kappa shape index (κ2) is 5.74. The van der Waals surface area contributed by atoms with Gasteiger partial charge in [0.2, 0.25) is 10.0 Å². The lowest BCUT2D eigenvalue weighted by Crippen LogP contribution is -2.23. The molecule has 1 rings (SSSR count). The van der Waals surface area contributed by atoms with Gasteiger partial charge in [-0.15, -0.1) is 0 Å². The predicted molar refractivity (Wildman–Crippen MR) is 69.8 cm³/mol. The smallest absolute Gasteiger partial charge is 0.248 e. The molecule has 0 saturated carbocycles. The highest BCUT2D eigenvalue weighted by Gasteiger charge is 2.19. The van der Waals surface area contributed by atoms with E-state index >= 15 is 0 Å². The zero-order chi connectivity index (χ0) is 13.8. The number of rotatable bonds is 5. The van der Waals surface area contributed by atoms with Crippen molar-refractivity contribution in [2.45, 2.75) is 32.1 Å². The standard InChI is InChI=1S/C12H16N2O3S/c1-9(2)17-12-6-4-11(5-7-12)14-18(15,16)10(3)8-13/h4-7,9-10,14H,1-3H3. The molecule has 1 atom stereocenters. The molecule has 0 amide bonds. The highest BCUT2D eigenvalue weighted by atomic mass is 32.2. The molecule has 0 spiro atoms. The zero-order valence-electron chi connectivity index (χ0n) is 10.5. The van der Waals surface area contributed by atoms with E-state index in [0.717, 1.165) is 0 Å². The van der Waals surface area contributed by atoms with Crippen LogP contribution < -0.4 is 9.46 Å². The lowest BCUT2D eigenvalue weighted by Gasteiger charge is -2.12. The summed E-state index contributed by atoms with van der Waals surface area (Å²) in [6, 6.07) is 8.23. The summed E-state index contributed by atoms with van der Waals surface area (Å²) in [5, 5.41) is 7.51. The van der Waals surface area contributed by atoms with E-state index in [9.17, 15) is 8.42 Å². The van der Waals surface area contributed by atoms with Crippen molar-refractivity contribution in [3.05, 3.63) is 24.3 Å². The summed E-state index contributed by atoms with van der Waals surface area (Å²) in [4.78, 5) is 0. The molecule has 0 fully saturated rings. The molecule has 0 radical (unpaired) electrons. The quantitative estimate of drug-likeness (QED) is 0.887. The molecule has 0 saturated heterocycles. The third-order valence-corrected chi connectivity index (χ3v) is 3.69. The number of nitrogens with zero attached hydrogens (tertiary/aromatic N) is 1. The molecule has 1 aromatic rings. The van der Waals surface area contributed by atoms with Crippen molar-refractivity contribution in [3.63, 3.8) is 0 Å². The number of hydrogen-bond donors (Lipinski definition) is 1. The van der Waals surface area contributed by atoms with Crippen LogP contribution in [0.15, 0.2) is 24.3 Å². The lowest BCUT2D eigenvalue weighted by molar-refractivity contribution is 0.242. The molecule has 5 nitrogen and oxygen atoms in total. The molecule has 18 heavy (non-hydrogen) atoms. The minimum atomic E-state index is -3.65. The summed E-state index contributed by atoms with van der Waals surface area (Å²) in [7, 11) is -3.65. The van der Waals surface area contributed by atoms with Crippen LogP contribution in [0.3, 0.4) is 0 Å². The van der Waals surface area contributed by atoms with Crippen LogP contribution in [-0.4, -0.2) is 19.8 Å². The molecule has 6 heteroatoms. The van der Waals surface area contributed by atoms with Crippen molar-refractivity contribution < 1.29 is 13.2 Å². The molecule has 1 unspecified atom stereocenters. The molecule has 0 aliphatic carbocycles. The summed E-state index contributed by atoms with van der Waals surface area (Å²) in [5.74, 6) is 0.668. The monoisotopic (exact) mass is 268 g/mol. The number of hydrogen-bond acceptors (Lipinski definition) is 4. The fourth-order valence-electron chi connectivity index (χ4n) is 1.20. The average Bonchev–Trinajstić information content (AvgIpc) is 2.29. The van der Waals surface area contributed by atoms with Crippen LogP contribution in [0.4, 0.5) is 5.69 Å². The summed E-state index contributed by atoms with van der Waals surface area (Å²) in [6.45, 7) is 5.15. The maximum Gasteiger partial charge on any atom is 0.248 e. The van der Waals surface area contributed by atoms with Crippen molar-refractivity contribution in [3.8, 4) is 11.8 Å². The summed E-state index contributed by atoms with van der Waals surface area (Å²) >= 11 is 0. The molecule has 1 N–H and O–H groups in total. The second-order valence-corrected chi connectivity index (χ2v) is 6.11. The maximum absolute atomic E-state index is 11.6. The Hall–Kier alpha value is -1.74. The number of ether oxygens (including phenoxy) is 1. The Morgan fingerprint density at radius 3 is 2.22 bits per heavy atom. The van der Waals surface area contributed by atoms with Crippen molar-refractivity contribution in [2.24, 2.45) is 0 Å². The molecular formula is C12H16N2O3S. The molecule has 0 aliphatic rings. The van der Waals surface area contributed by atoms with Gasteiger partial charge in [-0.3, -0.25) is 4.72 Å². The highest BCUT2D eigenvalue weighted by molar-refractivity contribution is 7.93. The van der Waals surface area contributed by atoms with Gasteiger partial charge in [0.25, 0.3) is 0 Å². The predicted octanol–water partition coefficient (Wildman–Crippen LogP) is 2.13. The molecule has 0 aliphatic heterocycles. The normalized spacial score (nSPS) is 12.8. The third kappa shape index (κ3) is 3.93. The Labute approximate surface area is 107 Å². The number of nitriles is 1. The Balaban J connectivity index is 2.79. The Kier molecular flexibility index (Phi) is 4.56. The first-order valence-corrected chi connectivity index (χ1v) is 7.08. The topological polar surface area (TPSA) is 79.2 Å². The summed E-state index contributed by atoms with van der Waals surface area (Å²) < 4.78 is 31.0. The van der Waals surface area contributed by atoms with Crippen LogP contribution in [0.1, 0.15) is 20.8 Å². The Morgan fingerprint density at radius 2 is 1.78 bits per heavy atom. The van der Waals surface area contributed by atoms with Gasteiger partial charge >= 0.3 is 0 Å². The maximum atomic E-state index is 11.6. The van der Waals surface area contributed by atoms with Gasteiger partial charge in [0, 0.05) is 5.69 Å². The van der Waals surface area contributed by atoms with E-state index in [4.69, 9.17) is 10.00 Å². The van der Waals surface area contributed by atoms with E-state index in [2.05, 4.69) is 4.72 Å². The number of nitrogens with one attached hydrogen (secondary N) is 1. The third-order valence-electron chi connectivity index (χ3n) is 2.13. The fourth-order valence-corrected chi connectivity index (χ4v) is 1.98. The molecule has 1 aromatic carbocycles. The van der Waals surface area contributed by atoms with Crippen LogP contribution in [0.5, 0.6) is 5.75 Å². The Bertz CT molecular complexity index is 529. The van der Waals surface area contributed by atoms with Gasteiger partial charge in [-0.1, -0.05) is 0 Å². The van der Waals surface area contributed by atoms with E-state index in [1.54, 1.807) is 30.3 Å². The van der Waals surface area contributed by atoms with E-state index < -0.39 is 15.3 Å². The SMILES string of the molecule is CC(C)Oc1ccc(NS(=O)(=O)C(C)C#N)cc1. The van der Waals surface area contributed by atoms with Crippen molar-refractivity contribution in [2.75, 3.05) is 4.72 Å². The van der Waals surface area contributed by atoms with Crippen LogP contribution in [0.2, 0.25) is 0 Å². The number of sulfonamides is 1. The number of benzene rings is 1. The average molecular weight is 268 g/mol. The zero-order valence-corrected chi connectivity index (χ0v) is 11.4. The van der Waals surface area contributed by atoms with Gasteiger partial charge in [0.15, 0.2) is 5.25 Å². The van der Waals surface area contributed by atoms with Gasteiger partial charge in [0.1, 0.15) is 5.75 Å². The van der Waals surface area contributed by atoms with Crippen molar-refractivity contribution >= 4 is 15.7 Å². The van der Waals surface area contributed by atoms with Gasteiger partial charge < -0.3 is 4.74 Å². The molecule has 0 bridgehead atoms. The Morgan fingerprint density at radius 1 is 1.22 bits per heavy atom. The van der Waals surface area contributed by atoms with Crippen LogP contribution in [0, 0.1) is 11.3 Å². The minimum absolute atomic E-state index is 0.0613. The minimum Gasteiger partial charge on any atom is -0.491 e. The lowest BCUT2D eigenvalue weighted by atomic mass is 10.3. The van der Waals surface area contributed by atoms with Crippen LogP contribution in [0.25, 0.3) is 0 Å². The van der Waals surface area contributed by atoms with Crippen molar-refractivity contribution in [1.29, 1.82) is 5.26 Å². The highest BCUT2D eigenvalue weighted by Crippen LogP contribution is 2.18. The van der Waals surface area contributed by atoms with Gasteiger partial charge in [-0.05, 0) is 45.0 Å². The summed E-state index contributed by atoms with van der Waals surface area (Å²) in [6.07, 6.45) is 0.0613. The van der Waals surface area contributed by atoms with Crippen LogP contribution in [-0.2, 0) is 10.0 Å². The molecule has 0 aromatic heterocycles. The first kappa shape index (κ1) is 14.3. The molecular weight excluding hydrogens is 252 g/mol. The fraction of sp³-hybridized carbons (Fsp3) is 0.417. The van der Waals surface area contributed by atoms with E-state index in [-0.39, 0.29) is 6.10 Å². The van der Waals surface area contributed by atoms with Gasteiger partial charge in [-0.25, -0.2) is 8.42 Å². The van der Waals surface area contributed by atoms with E-state index in [1.807, 2.05) is 13.8 Å². The van der Waals surface area contributed by atoms with E-state index in [0.29, 0.717) is 11.4 Å². The largest absolute Gasteiger partial charge is 0.491 e.